The van der Waals surface area contributed by atoms with E-state index in [-0.39, 0.29) is 5.91 Å². The summed E-state index contributed by atoms with van der Waals surface area (Å²) in [6.07, 6.45) is 2.16. The van der Waals surface area contributed by atoms with Gasteiger partial charge in [0, 0.05) is 6.54 Å². The van der Waals surface area contributed by atoms with E-state index in [1.165, 1.54) is 4.31 Å². The van der Waals surface area contributed by atoms with Crippen LogP contribution >= 0.6 is 0 Å². The second-order valence-corrected chi connectivity index (χ2v) is 8.30. The largest absolute Gasteiger partial charge is 0.494 e. The van der Waals surface area contributed by atoms with Gasteiger partial charge in [0.15, 0.2) is 0 Å². The van der Waals surface area contributed by atoms with E-state index in [0.717, 1.165) is 11.8 Å². The first kappa shape index (κ1) is 21.8. The standard InChI is InChI=1S/C21H28N2O4S/c1-4-20(21(24)22-16-15-17-9-7-6-8-10-17)23(28(3,25)26)18-11-13-19(14-12-18)27-5-2/h6-14,20H,4-5,15-16H2,1-3H3,(H,22,24). The molecule has 0 radical (unpaired) electrons. The highest BCUT2D eigenvalue weighted by Crippen LogP contribution is 2.25. The molecule has 0 spiro atoms. The van der Waals surface area contributed by atoms with Crippen LogP contribution in [0.15, 0.2) is 54.6 Å². The van der Waals surface area contributed by atoms with Crippen LogP contribution in [0.5, 0.6) is 5.75 Å². The van der Waals surface area contributed by atoms with Crippen LogP contribution in [-0.4, -0.2) is 39.8 Å². The van der Waals surface area contributed by atoms with Crippen molar-refractivity contribution >= 4 is 21.6 Å². The number of carbonyl (C=O) groups excluding carboxylic acids is 1. The Kier molecular flexibility index (Phi) is 7.87. The van der Waals surface area contributed by atoms with Crippen LogP contribution in [-0.2, 0) is 21.2 Å². The van der Waals surface area contributed by atoms with Crippen LogP contribution < -0.4 is 14.4 Å². The summed E-state index contributed by atoms with van der Waals surface area (Å²) in [6.45, 7) is 4.65. The average molecular weight is 405 g/mol. The molecule has 0 bridgehead atoms. The smallest absolute Gasteiger partial charge is 0.243 e. The zero-order chi connectivity index (χ0) is 20.6. The van der Waals surface area contributed by atoms with Gasteiger partial charge >= 0.3 is 0 Å². The molecule has 6 nitrogen and oxygen atoms in total. The minimum Gasteiger partial charge on any atom is -0.494 e. The summed E-state index contributed by atoms with van der Waals surface area (Å²) < 4.78 is 31.5. The third kappa shape index (κ3) is 5.99. The van der Waals surface area contributed by atoms with Crippen molar-refractivity contribution in [2.75, 3.05) is 23.7 Å². The van der Waals surface area contributed by atoms with E-state index < -0.39 is 16.1 Å². The Hall–Kier alpha value is -2.54. The lowest BCUT2D eigenvalue weighted by atomic mass is 10.1. The minimum atomic E-state index is -3.64. The number of ether oxygens (including phenoxy) is 1. The third-order valence-corrected chi connectivity index (χ3v) is 5.47. The highest BCUT2D eigenvalue weighted by Gasteiger charge is 2.31. The van der Waals surface area contributed by atoms with Gasteiger partial charge in [0.1, 0.15) is 11.8 Å². The number of anilines is 1. The molecule has 2 aromatic carbocycles. The Morgan fingerprint density at radius 2 is 1.71 bits per heavy atom. The van der Waals surface area contributed by atoms with E-state index in [2.05, 4.69) is 5.32 Å². The first-order valence-electron chi connectivity index (χ1n) is 9.40. The molecule has 28 heavy (non-hydrogen) atoms. The van der Waals surface area contributed by atoms with Crippen LogP contribution in [0.3, 0.4) is 0 Å². The van der Waals surface area contributed by atoms with Crippen LogP contribution in [0.25, 0.3) is 0 Å². The number of rotatable bonds is 10. The normalized spacial score (nSPS) is 12.2. The van der Waals surface area contributed by atoms with Gasteiger partial charge in [-0.1, -0.05) is 37.3 Å². The van der Waals surface area contributed by atoms with Crippen molar-refractivity contribution in [1.82, 2.24) is 5.32 Å². The molecule has 0 heterocycles. The number of benzene rings is 2. The van der Waals surface area contributed by atoms with Gasteiger partial charge in [0.05, 0.1) is 18.6 Å². The maximum atomic E-state index is 12.8. The molecule has 1 N–H and O–H groups in total. The van der Waals surface area contributed by atoms with Gasteiger partial charge in [0.25, 0.3) is 0 Å². The summed E-state index contributed by atoms with van der Waals surface area (Å²) in [7, 11) is -3.64. The van der Waals surface area contributed by atoms with Crippen molar-refractivity contribution in [3.8, 4) is 5.75 Å². The van der Waals surface area contributed by atoms with Crippen LogP contribution in [0.2, 0.25) is 0 Å². The molecular formula is C21H28N2O4S. The predicted molar refractivity (Wildman–Crippen MR) is 112 cm³/mol. The van der Waals surface area contributed by atoms with Gasteiger partial charge in [-0.25, -0.2) is 8.42 Å². The molecule has 1 amide bonds. The molecule has 1 unspecified atom stereocenters. The lowest BCUT2D eigenvalue weighted by molar-refractivity contribution is -0.122. The predicted octanol–water partition coefficient (Wildman–Crippen LogP) is 2.99. The molecule has 0 aromatic heterocycles. The molecular weight excluding hydrogens is 376 g/mol. The van der Waals surface area contributed by atoms with E-state index in [9.17, 15) is 13.2 Å². The molecule has 0 saturated carbocycles. The zero-order valence-corrected chi connectivity index (χ0v) is 17.4. The molecule has 0 fully saturated rings. The Balaban J connectivity index is 2.14. The van der Waals surface area contributed by atoms with Gasteiger partial charge in [-0.2, -0.15) is 0 Å². The highest BCUT2D eigenvalue weighted by molar-refractivity contribution is 7.92. The Labute approximate surface area is 167 Å². The van der Waals surface area contributed by atoms with E-state index in [1.807, 2.05) is 37.3 Å². The summed E-state index contributed by atoms with van der Waals surface area (Å²) in [6, 6.07) is 15.7. The maximum absolute atomic E-state index is 12.8. The molecule has 0 saturated heterocycles. The van der Waals surface area contributed by atoms with Gasteiger partial charge in [-0.3, -0.25) is 9.10 Å². The molecule has 2 rings (SSSR count). The zero-order valence-electron chi connectivity index (χ0n) is 16.6. The SMILES string of the molecule is CCOc1ccc(N(C(CC)C(=O)NCCc2ccccc2)S(C)(=O)=O)cc1. The maximum Gasteiger partial charge on any atom is 0.243 e. The third-order valence-electron chi connectivity index (χ3n) is 4.29. The number of hydrogen-bond acceptors (Lipinski definition) is 4. The van der Waals surface area contributed by atoms with E-state index in [1.54, 1.807) is 31.2 Å². The van der Waals surface area contributed by atoms with Gasteiger partial charge in [0.2, 0.25) is 15.9 Å². The first-order chi connectivity index (χ1) is 13.4. The Morgan fingerprint density at radius 3 is 2.25 bits per heavy atom. The number of nitrogens with zero attached hydrogens (tertiary/aromatic N) is 1. The number of carbonyl (C=O) groups is 1. The van der Waals surface area contributed by atoms with Gasteiger partial charge < -0.3 is 10.1 Å². The number of nitrogens with one attached hydrogen (secondary N) is 1. The van der Waals surface area contributed by atoms with E-state index in [0.29, 0.717) is 37.4 Å². The molecule has 0 aliphatic carbocycles. The number of amides is 1. The van der Waals surface area contributed by atoms with Crippen molar-refractivity contribution in [3.05, 3.63) is 60.2 Å². The molecule has 0 aliphatic rings. The second-order valence-electron chi connectivity index (χ2n) is 6.44. The monoisotopic (exact) mass is 404 g/mol. The minimum absolute atomic E-state index is 0.308. The van der Waals surface area contributed by atoms with Crippen molar-refractivity contribution < 1.29 is 17.9 Å². The van der Waals surface area contributed by atoms with Crippen LogP contribution in [0.4, 0.5) is 5.69 Å². The number of sulfonamides is 1. The summed E-state index contributed by atoms with van der Waals surface area (Å²) in [4.78, 5) is 12.8. The molecule has 2 aromatic rings. The van der Waals surface area contributed by atoms with E-state index in [4.69, 9.17) is 4.74 Å². The molecule has 1 atom stereocenters. The summed E-state index contributed by atoms with van der Waals surface area (Å²) in [5.41, 5.74) is 1.55. The number of hydrogen-bond donors (Lipinski definition) is 1. The first-order valence-corrected chi connectivity index (χ1v) is 11.3. The fourth-order valence-corrected chi connectivity index (χ4v) is 4.22. The average Bonchev–Trinajstić information content (AvgIpc) is 2.67. The van der Waals surface area contributed by atoms with Crippen molar-refractivity contribution in [1.29, 1.82) is 0 Å². The fraction of sp³-hybridized carbons (Fsp3) is 0.381. The molecule has 0 aliphatic heterocycles. The van der Waals surface area contributed by atoms with Crippen LogP contribution in [0.1, 0.15) is 25.8 Å². The highest BCUT2D eigenvalue weighted by atomic mass is 32.2. The topological polar surface area (TPSA) is 75.7 Å². The fourth-order valence-electron chi connectivity index (χ4n) is 3.01. The van der Waals surface area contributed by atoms with Crippen molar-refractivity contribution in [2.45, 2.75) is 32.7 Å². The van der Waals surface area contributed by atoms with E-state index >= 15 is 0 Å². The quantitative estimate of drug-likeness (QED) is 0.661. The van der Waals surface area contributed by atoms with Crippen LogP contribution in [0, 0.1) is 0 Å². The summed E-state index contributed by atoms with van der Waals surface area (Å²) in [5.74, 6) is 0.345. The van der Waals surface area contributed by atoms with Gasteiger partial charge in [-0.05, 0) is 49.6 Å². The van der Waals surface area contributed by atoms with Crippen molar-refractivity contribution in [2.24, 2.45) is 0 Å². The van der Waals surface area contributed by atoms with Crippen molar-refractivity contribution in [3.63, 3.8) is 0 Å². The summed E-state index contributed by atoms with van der Waals surface area (Å²) in [5, 5.41) is 2.87. The lowest BCUT2D eigenvalue weighted by Gasteiger charge is -2.30. The second kappa shape index (κ2) is 10.1. The lowest BCUT2D eigenvalue weighted by Crippen LogP contribution is -2.49. The molecule has 7 heteroatoms. The van der Waals surface area contributed by atoms with Gasteiger partial charge in [-0.15, -0.1) is 0 Å². The Bertz CT molecular complexity index is 852. The Morgan fingerprint density at radius 1 is 1.07 bits per heavy atom. The molecule has 152 valence electrons. The summed E-state index contributed by atoms with van der Waals surface area (Å²) >= 11 is 0.